The molecule has 0 aliphatic carbocycles. The van der Waals surface area contributed by atoms with E-state index >= 15 is 0 Å². The fraction of sp³-hybridized carbons (Fsp3) is 0.176. The molecule has 0 saturated carbocycles. The molecule has 2 aromatic carbocycles. The fourth-order valence-electron chi connectivity index (χ4n) is 1.87. The average Bonchev–Trinajstić information content (AvgIpc) is 2.59. The van der Waals surface area contributed by atoms with Gasteiger partial charge in [0.05, 0.1) is 25.3 Å². The number of hydrogen-bond acceptors (Lipinski definition) is 4. The lowest BCUT2D eigenvalue weighted by molar-refractivity contribution is 0.247. The zero-order valence-corrected chi connectivity index (χ0v) is 12.7. The van der Waals surface area contributed by atoms with E-state index in [-0.39, 0.29) is 6.03 Å². The summed E-state index contributed by atoms with van der Waals surface area (Å²) >= 11 is 0. The predicted octanol–water partition coefficient (Wildman–Crippen LogP) is 2.77. The quantitative estimate of drug-likeness (QED) is 0.804. The number of methoxy groups -OCH3 is 1. The summed E-state index contributed by atoms with van der Waals surface area (Å²) < 4.78 is 10.6. The number of rotatable bonds is 6. The summed E-state index contributed by atoms with van der Waals surface area (Å²) in [6, 6.07) is 15.6. The van der Waals surface area contributed by atoms with Gasteiger partial charge in [0.2, 0.25) is 0 Å². The van der Waals surface area contributed by atoms with Gasteiger partial charge in [0.15, 0.2) is 0 Å². The maximum atomic E-state index is 11.7. The fourth-order valence-corrected chi connectivity index (χ4v) is 1.87. The molecule has 6 heteroatoms. The highest BCUT2D eigenvalue weighted by molar-refractivity contribution is 5.89. The highest BCUT2D eigenvalue weighted by atomic mass is 16.5. The van der Waals surface area contributed by atoms with Crippen LogP contribution in [0.25, 0.3) is 0 Å². The molecule has 2 aromatic rings. The summed E-state index contributed by atoms with van der Waals surface area (Å²) in [4.78, 5) is 11.7. The van der Waals surface area contributed by atoms with Gasteiger partial charge in [-0.25, -0.2) is 4.79 Å². The Morgan fingerprint density at radius 2 is 1.96 bits per heavy atom. The lowest BCUT2D eigenvalue weighted by atomic mass is 10.2. The van der Waals surface area contributed by atoms with Crippen molar-refractivity contribution >= 4 is 11.7 Å². The van der Waals surface area contributed by atoms with Crippen LogP contribution in [0, 0.1) is 11.3 Å². The van der Waals surface area contributed by atoms with Gasteiger partial charge in [-0.2, -0.15) is 5.26 Å². The van der Waals surface area contributed by atoms with E-state index < -0.39 is 0 Å². The van der Waals surface area contributed by atoms with Gasteiger partial charge in [-0.3, -0.25) is 0 Å². The van der Waals surface area contributed by atoms with E-state index in [1.165, 1.54) is 0 Å². The molecular weight excluding hydrogens is 294 g/mol. The van der Waals surface area contributed by atoms with E-state index in [0.717, 1.165) is 0 Å². The van der Waals surface area contributed by atoms with Crippen molar-refractivity contribution in [2.24, 2.45) is 0 Å². The molecule has 0 saturated heterocycles. The Balaban J connectivity index is 1.73. The SMILES string of the molecule is COc1cccc(OCCNC(=O)Nc2cccc(C#N)c2)c1. The lowest BCUT2D eigenvalue weighted by Gasteiger charge is -2.10. The third-order valence-electron chi connectivity index (χ3n) is 2.95. The molecule has 0 unspecified atom stereocenters. The first-order chi connectivity index (χ1) is 11.2. The number of nitriles is 1. The molecule has 0 radical (unpaired) electrons. The van der Waals surface area contributed by atoms with E-state index in [2.05, 4.69) is 10.6 Å². The molecule has 0 aliphatic heterocycles. The Morgan fingerprint density at radius 3 is 2.74 bits per heavy atom. The first-order valence-corrected chi connectivity index (χ1v) is 7.03. The second-order valence-corrected chi connectivity index (χ2v) is 4.60. The van der Waals surface area contributed by atoms with Gasteiger partial charge in [-0.1, -0.05) is 12.1 Å². The van der Waals surface area contributed by atoms with Crippen molar-refractivity contribution in [2.45, 2.75) is 0 Å². The number of benzene rings is 2. The predicted molar refractivity (Wildman–Crippen MR) is 86.7 cm³/mol. The van der Waals surface area contributed by atoms with Crippen molar-refractivity contribution < 1.29 is 14.3 Å². The van der Waals surface area contributed by atoms with Crippen molar-refractivity contribution in [2.75, 3.05) is 25.6 Å². The van der Waals surface area contributed by atoms with Crippen molar-refractivity contribution in [1.82, 2.24) is 5.32 Å². The normalized spacial score (nSPS) is 9.57. The van der Waals surface area contributed by atoms with Crippen molar-refractivity contribution in [3.63, 3.8) is 0 Å². The van der Waals surface area contributed by atoms with Gasteiger partial charge in [0.25, 0.3) is 0 Å². The maximum Gasteiger partial charge on any atom is 0.319 e. The van der Waals surface area contributed by atoms with Gasteiger partial charge in [-0.05, 0) is 30.3 Å². The van der Waals surface area contributed by atoms with Gasteiger partial charge in [0, 0.05) is 11.8 Å². The molecule has 0 heterocycles. The van der Waals surface area contributed by atoms with Gasteiger partial charge in [-0.15, -0.1) is 0 Å². The molecule has 0 spiro atoms. The topological polar surface area (TPSA) is 83.4 Å². The summed E-state index contributed by atoms with van der Waals surface area (Å²) in [6.45, 7) is 0.680. The molecule has 0 fully saturated rings. The minimum Gasteiger partial charge on any atom is -0.497 e. The Labute approximate surface area is 134 Å². The van der Waals surface area contributed by atoms with Crippen LogP contribution in [0.3, 0.4) is 0 Å². The van der Waals surface area contributed by atoms with Gasteiger partial charge >= 0.3 is 6.03 Å². The van der Waals surface area contributed by atoms with Crippen LogP contribution in [0.5, 0.6) is 11.5 Å². The largest absolute Gasteiger partial charge is 0.497 e. The second kappa shape index (κ2) is 8.29. The maximum absolute atomic E-state index is 11.7. The summed E-state index contributed by atoms with van der Waals surface area (Å²) in [5, 5.41) is 14.1. The Hall–Kier alpha value is -3.20. The van der Waals surface area contributed by atoms with Crippen LogP contribution in [-0.4, -0.2) is 26.3 Å². The zero-order chi connectivity index (χ0) is 16.5. The molecule has 2 N–H and O–H groups in total. The van der Waals surface area contributed by atoms with E-state index in [0.29, 0.717) is 35.9 Å². The van der Waals surface area contributed by atoms with E-state index in [4.69, 9.17) is 14.7 Å². The lowest BCUT2D eigenvalue weighted by Crippen LogP contribution is -2.32. The molecule has 0 atom stereocenters. The minimum atomic E-state index is -0.352. The van der Waals surface area contributed by atoms with Crippen LogP contribution >= 0.6 is 0 Å². The summed E-state index contributed by atoms with van der Waals surface area (Å²) in [5.74, 6) is 1.39. The smallest absolute Gasteiger partial charge is 0.319 e. The Kier molecular flexibility index (Phi) is 5.83. The first kappa shape index (κ1) is 16.2. The molecule has 0 bridgehead atoms. The highest BCUT2D eigenvalue weighted by Gasteiger charge is 2.02. The number of carbonyl (C=O) groups is 1. The van der Waals surface area contributed by atoms with Gasteiger partial charge < -0.3 is 20.1 Å². The number of anilines is 1. The molecule has 23 heavy (non-hydrogen) atoms. The standard InChI is InChI=1S/C17H17N3O3/c1-22-15-6-3-7-16(11-15)23-9-8-19-17(21)20-14-5-2-4-13(10-14)12-18/h2-7,10-11H,8-9H2,1H3,(H2,19,20,21). The molecular formula is C17H17N3O3. The Morgan fingerprint density at radius 1 is 1.17 bits per heavy atom. The monoisotopic (exact) mass is 311 g/mol. The molecule has 6 nitrogen and oxygen atoms in total. The number of hydrogen-bond donors (Lipinski definition) is 2. The second-order valence-electron chi connectivity index (χ2n) is 4.60. The molecule has 118 valence electrons. The third kappa shape index (κ3) is 5.25. The van der Waals surface area contributed by atoms with Crippen molar-refractivity contribution in [3.05, 3.63) is 54.1 Å². The van der Waals surface area contributed by atoms with Crippen LogP contribution in [0.2, 0.25) is 0 Å². The van der Waals surface area contributed by atoms with Gasteiger partial charge in [0.1, 0.15) is 18.1 Å². The summed E-state index contributed by atoms with van der Waals surface area (Å²) in [5.41, 5.74) is 1.06. The summed E-state index contributed by atoms with van der Waals surface area (Å²) in [7, 11) is 1.59. The van der Waals surface area contributed by atoms with Crippen LogP contribution in [0.4, 0.5) is 10.5 Å². The number of ether oxygens (including phenoxy) is 2. The van der Waals surface area contributed by atoms with Crippen molar-refractivity contribution in [3.8, 4) is 17.6 Å². The van der Waals surface area contributed by atoms with E-state index in [1.807, 2.05) is 24.3 Å². The van der Waals surface area contributed by atoms with Crippen LogP contribution in [0.1, 0.15) is 5.56 Å². The molecule has 0 aromatic heterocycles. The molecule has 0 aliphatic rings. The number of carbonyl (C=O) groups excluding carboxylic acids is 1. The minimum absolute atomic E-state index is 0.332. The summed E-state index contributed by atoms with van der Waals surface area (Å²) in [6.07, 6.45) is 0. The van der Waals surface area contributed by atoms with Crippen LogP contribution < -0.4 is 20.1 Å². The molecule has 2 rings (SSSR count). The Bertz CT molecular complexity index is 710. The first-order valence-electron chi connectivity index (χ1n) is 7.03. The van der Waals surface area contributed by atoms with Crippen LogP contribution in [-0.2, 0) is 0 Å². The number of nitrogens with zero attached hydrogens (tertiary/aromatic N) is 1. The third-order valence-corrected chi connectivity index (χ3v) is 2.95. The number of nitrogens with one attached hydrogen (secondary N) is 2. The average molecular weight is 311 g/mol. The number of urea groups is 1. The highest BCUT2D eigenvalue weighted by Crippen LogP contribution is 2.18. The van der Waals surface area contributed by atoms with E-state index in [1.54, 1.807) is 37.4 Å². The molecule has 2 amide bonds. The zero-order valence-electron chi connectivity index (χ0n) is 12.7. The van der Waals surface area contributed by atoms with Crippen molar-refractivity contribution in [1.29, 1.82) is 5.26 Å². The van der Waals surface area contributed by atoms with Crippen LogP contribution in [0.15, 0.2) is 48.5 Å². The van der Waals surface area contributed by atoms with E-state index in [9.17, 15) is 4.79 Å². The number of amides is 2.